The van der Waals surface area contributed by atoms with Gasteiger partial charge in [-0.15, -0.1) is 0 Å². The first-order valence-electron chi connectivity index (χ1n) is 9.13. The average molecular weight is 377 g/mol. The van der Waals surface area contributed by atoms with Crippen molar-refractivity contribution in [2.75, 3.05) is 45.3 Å². The molecule has 0 aromatic heterocycles. The number of hydrogen-bond donors (Lipinski definition) is 4. The van der Waals surface area contributed by atoms with E-state index in [1.807, 2.05) is 25.6 Å². The predicted molar refractivity (Wildman–Crippen MR) is 104 cm³/mol. The number of ether oxygens (including phenoxy) is 2. The lowest BCUT2D eigenvalue weighted by molar-refractivity contribution is -0.121. The minimum Gasteiger partial charge on any atom is -0.378 e. The maximum Gasteiger partial charge on any atom is 0.220 e. The quantitative estimate of drug-likeness (QED) is 0.338. The Morgan fingerprint density at radius 3 is 2.44 bits per heavy atom. The molecule has 1 aliphatic heterocycles. The summed E-state index contributed by atoms with van der Waals surface area (Å²) in [7, 11) is 0. The van der Waals surface area contributed by atoms with Crippen LogP contribution in [0, 0.1) is 0 Å². The SMILES string of the molecule is CC1(N)CSC(CCCCC(=O)NCCOCCOCCN)C1(C)N. The molecule has 1 heterocycles. The number of carbonyl (C=O) groups is 1. The van der Waals surface area contributed by atoms with Crippen molar-refractivity contribution in [2.24, 2.45) is 17.2 Å². The van der Waals surface area contributed by atoms with Crippen LogP contribution in [0.2, 0.25) is 0 Å². The summed E-state index contributed by atoms with van der Waals surface area (Å²) < 4.78 is 10.5. The zero-order valence-corrected chi connectivity index (χ0v) is 16.5. The molecule has 1 fully saturated rings. The molecule has 0 bridgehead atoms. The van der Waals surface area contributed by atoms with E-state index in [0.717, 1.165) is 25.0 Å². The van der Waals surface area contributed by atoms with Crippen LogP contribution in [-0.2, 0) is 14.3 Å². The van der Waals surface area contributed by atoms with Crippen LogP contribution in [0.3, 0.4) is 0 Å². The Morgan fingerprint density at radius 2 is 1.84 bits per heavy atom. The zero-order valence-electron chi connectivity index (χ0n) is 15.7. The molecular formula is C17H36N4O3S. The van der Waals surface area contributed by atoms with E-state index in [1.54, 1.807) is 0 Å². The number of amides is 1. The summed E-state index contributed by atoms with van der Waals surface area (Å²) in [6, 6.07) is 0. The third kappa shape index (κ3) is 7.80. The van der Waals surface area contributed by atoms with Crippen LogP contribution in [0.1, 0.15) is 39.5 Å². The molecule has 7 N–H and O–H groups in total. The molecule has 1 rings (SSSR count). The molecule has 1 saturated heterocycles. The zero-order chi connectivity index (χ0) is 18.8. The van der Waals surface area contributed by atoms with Crippen LogP contribution >= 0.6 is 11.8 Å². The Morgan fingerprint density at radius 1 is 1.16 bits per heavy atom. The van der Waals surface area contributed by atoms with Crippen molar-refractivity contribution in [1.82, 2.24) is 5.32 Å². The van der Waals surface area contributed by atoms with Crippen LogP contribution in [0.15, 0.2) is 0 Å². The number of unbranched alkanes of at least 4 members (excludes halogenated alkanes) is 1. The van der Waals surface area contributed by atoms with E-state index in [4.69, 9.17) is 26.7 Å². The molecule has 25 heavy (non-hydrogen) atoms. The number of carbonyl (C=O) groups excluding carboxylic acids is 1. The summed E-state index contributed by atoms with van der Waals surface area (Å²) in [6.07, 6.45) is 3.40. The summed E-state index contributed by atoms with van der Waals surface area (Å²) >= 11 is 1.86. The van der Waals surface area contributed by atoms with Gasteiger partial charge in [0.05, 0.1) is 26.4 Å². The Bertz CT molecular complexity index is 394. The number of thioether (sulfide) groups is 1. The first-order valence-corrected chi connectivity index (χ1v) is 10.2. The summed E-state index contributed by atoms with van der Waals surface area (Å²) in [4.78, 5) is 11.8. The Hall–Kier alpha value is -0.380. The first-order chi connectivity index (χ1) is 11.8. The number of nitrogens with one attached hydrogen (secondary N) is 1. The van der Waals surface area contributed by atoms with Crippen LogP contribution in [0.5, 0.6) is 0 Å². The highest BCUT2D eigenvalue weighted by atomic mass is 32.2. The minimum absolute atomic E-state index is 0.0706. The molecule has 0 aliphatic carbocycles. The Kier molecular flexibility index (Phi) is 10.3. The van der Waals surface area contributed by atoms with Gasteiger partial charge in [0, 0.05) is 41.6 Å². The molecule has 0 saturated carbocycles. The molecule has 1 aliphatic rings. The van der Waals surface area contributed by atoms with E-state index in [2.05, 4.69) is 5.32 Å². The minimum atomic E-state index is -0.356. The molecule has 0 spiro atoms. The van der Waals surface area contributed by atoms with Crippen molar-refractivity contribution in [2.45, 2.75) is 55.9 Å². The lowest BCUT2D eigenvalue weighted by Crippen LogP contribution is -2.64. The predicted octanol–water partition coefficient (Wildman–Crippen LogP) is 0.205. The van der Waals surface area contributed by atoms with Crippen LogP contribution in [0.25, 0.3) is 0 Å². The molecule has 0 radical (unpaired) electrons. The van der Waals surface area contributed by atoms with Crippen molar-refractivity contribution in [1.29, 1.82) is 0 Å². The van der Waals surface area contributed by atoms with E-state index in [0.29, 0.717) is 51.2 Å². The fourth-order valence-electron chi connectivity index (χ4n) is 2.72. The molecule has 148 valence electrons. The summed E-state index contributed by atoms with van der Waals surface area (Å²) in [5.41, 5.74) is 17.3. The monoisotopic (exact) mass is 376 g/mol. The Labute approximate surface area is 156 Å². The highest BCUT2D eigenvalue weighted by Gasteiger charge is 2.50. The molecule has 3 atom stereocenters. The van der Waals surface area contributed by atoms with E-state index in [1.165, 1.54) is 0 Å². The smallest absolute Gasteiger partial charge is 0.220 e. The van der Waals surface area contributed by atoms with Crippen molar-refractivity contribution in [3.63, 3.8) is 0 Å². The maximum absolute atomic E-state index is 11.8. The number of nitrogens with two attached hydrogens (primary N) is 3. The average Bonchev–Trinajstić information content (AvgIpc) is 2.75. The van der Waals surface area contributed by atoms with Gasteiger partial charge in [0.1, 0.15) is 0 Å². The molecular weight excluding hydrogens is 340 g/mol. The van der Waals surface area contributed by atoms with Crippen LogP contribution < -0.4 is 22.5 Å². The molecule has 0 aromatic rings. The number of hydrogen-bond acceptors (Lipinski definition) is 7. The van der Waals surface area contributed by atoms with Gasteiger partial charge in [0.2, 0.25) is 5.91 Å². The topological polar surface area (TPSA) is 126 Å². The molecule has 1 amide bonds. The van der Waals surface area contributed by atoms with Crippen molar-refractivity contribution < 1.29 is 14.3 Å². The second kappa shape index (κ2) is 11.4. The number of rotatable bonds is 13. The van der Waals surface area contributed by atoms with Crippen LogP contribution in [-0.4, -0.2) is 67.5 Å². The lowest BCUT2D eigenvalue weighted by Gasteiger charge is -2.37. The molecule has 8 heteroatoms. The van der Waals surface area contributed by atoms with Crippen molar-refractivity contribution in [3.8, 4) is 0 Å². The summed E-state index contributed by atoms with van der Waals surface area (Å²) in [6.45, 7) is 7.22. The van der Waals surface area contributed by atoms with Crippen molar-refractivity contribution in [3.05, 3.63) is 0 Å². The summed E-state index contributed by atoms with van der Waals surface area (Å²) in [5, 5.41) is 3.23. The molecule has 3 unspecified atom stereocenters. The first kappa shape index (κ1) is 22.7. The van der Waals surface area contributed by atoms with Gasteiger partial charge in [-0.2, -0.15) is 11.8 Å². The fraction of sp³-hybridized carbons (Fsp3) is 0.941. The fourth-order valence-corrected chi connectivity index (χ4v) is 4.53. The molecule has 0 aromatic carbocycles. The van der Waals surface area contributed by atoms with Gasteiger partial charge in [-0.25, -0.2) is 0 Å². The van der Waals surface area contributed by atoms with Crippen molar-refractivity contribution >= 4 is 17.7 Å². The van der Waals surface area contributed by atoms with E-state index in [9.17, 15) is 4.79 Å². The summed E-state index contributed by atoms with van der Waals surface area (Å²) in [5.74, 6) is 0.962. The maximum atomic E-state index is 11.8. The van der Waals surface area contributed by atoms with Gasteiger partial charge in [0.25, 0.3) is 0 Å². The van der Waals surface area contributed by atoms with E-state index >= 15 is 0 Å². The highest BCUT2D eigenvalue weighted by molar-refractivity contribution is 8.00. The molecule has 7 nitrogen and oxygen atoms in total. The highest BCUT2D eigenvalue weighted by Crippen LogP contribution is 2.42. The van der Waals surface area contributed by atoms with Gasteiger partial charge in [-0.1, -0.05) is 6.42 Å². The van der Waals surface area contributed by atoms with Crippen LogP contribution in [0.4, 0.5) is 0 Å². The Balaban J connectivity index is 1.99. The lowest BCUT2D eigenvalue weighted by atomic mass is 9.79. The van der Waals surface area contributed by atoms with Gasteiger partial charge in [0.15, 0.2) is 0 Å². The van der Waals surface area contributed by atoms with E-state index < -0.39 is 0 Å². The largest absolute Gasteiger partial charge is 0.378 e. The normalized spacial score (nSPS) is 29.1. The third-order valence-electron chi connectivity index (χ3n) is 4.81. The van der Waals surface area contributed by atoms with Gasteiger partial charge in [-0.05, 0) is 26.7 Å². The standard InChI is InChI=1S/C17H36N4O3S/c1-16(19)13-25-14(17(16,2)20)5-3-4-6-15(22)21-8-10-24-12-11-23-9-7-18/h14H,3-13,18-20H2,1-2H3,(H,21,22). The van der Waals surface area contributed by atoms with Gasteiger partial charge < -0.3 is 32.0 Å². The second-order valence-corrected chi connectivity index (χ2v) is 8.30. The third-order valence-corrected chi connectivity index (χ3v) is 6.70. The van der Waals surface area contributed by atoms with Gasteiger partial charge >= 0.3 is 0 Å². The second-order valence-electron chi connectivity index (χ2n) is 7.11. The van der Waals surface area contributed by atoms with E-state index in [-0.39, 0.29) is 17.0 Å². The van der Waals surface area contributed by atoms with Gasteiger partial charge in [-0.3, -0.25) is 4.79 Å².